The number of hydrogen-bond donors (Lipinski definition) is 1. The lowest BCUT2D eigenvalue weighted by molar-refractivity contribution is 0.0605. The zero-order chi connectivity index (χ0) is 19.0. The maximum Gasteiger partial charge on any atom is 0.276 e. The lowest BCUT2D eigenvalue weighted by atomic mass is 9.98. The van der Waals surface area contributed by atoms with Gasteiger partial charge < -0.3 is 4.90 Å². The predicted octanol–water partition coefficient (Wildman–Crippen LogP) is 2.66. The summed E-state index contributed by atoms with van der Waals surface area (Å²) in [5.74, 6) is -0.0304. The maximum absolute atomic E-state index is 13.0. The Balaban J connectivity index is 1.75. The number of aromatic amines is 1. The van der Waals surface area contributed by atoms with Gasteiger partial charge in [-0.1, -0.05) is 6.92 Å². The van der Waals surface area contributed by atoms with Gasteiger partial charge in [0.05, 0.1) is 17.3 Å². The van der Waals surface area contributed by atoms with E-state index in [0.717, 1.165) is 30.7 Å². The van der Waals surface area contributed by atoms with Gasteiger partial charge in [0.25, 0.3) is 11.5 Å². The van der Waals surface area contributed by atoms with Gasteiger partial charge in [-0.25, -0.2) is 9.50 Å². The predicted molar refractivity (Wildman–Crippen MR) is 102 cm³/mol. The smallest absolute Gasteiger partial charge is 0.276 e. The number of likely N-dealkylation sites (tertiary alicyclic amines) is 1. The van der Waals surface area contributed by atoms with Crippen LogP contribution in [0.4, 0.5) is 0 Å². The standard InChI is InChI=1S/C20H23N5O2/c1-3-15-13(2)22-18-11-16(23-25(18)20(15)27)17-8-4-5-10-24(17)19(26)14-7-6-9-21-12-14/h6-7,9,11-12,17,23H,3-5,8,10H2,1-2H3. The molecule has 27 heavy (non-hydrogen) atoms. The van der Waals surface area contributed by atoms with E-state index in [-0.39, 0.29) is 17.5 Å². The van der Waals surface area contributed by atoms with Crippen molar-refractivity contribution in [2.75, 3.05) is 6.54 Å². The molecule has 1 atom stereocenters. The number of hydrogen-bond acceptors (Lipinski definition) is 4. The number of rotatable bonds is 3. The Bertz CT molecular complexity index is 1040. The Hall–Kier alpha value is -2.96. The van der Waals surface area contributed by atoms with Gasteiger partial charge in [0.2, 0.25) is 0 Å². The largest absolute Gasteiger partial charge is 0.330 e. The number of nitrogens with one attached hydrogen (secondary N) is 1. The van der Waals surface area contributed by atoms with E-state index >= 15 is 0 Å². The van der Waals surface area contributed by atoms with Crippen molar-refractivity contribution in [3.63, 3.8) is 0 Å². The van der Waals surface area contributed by atoms with Gasteiger partial charge in [0.15, 0.2) is 5.65 Å². The first kappa shape index (κ1) is 17.5. The summed E-state index contributed by atoms with van der Waals surface area (Å²) in [6, 6.07) is 5.36. The molecular formula is C20H23N5O2. The fraction of sp³-hybridized carbons (Fsp3) is 0.400. The van der Waals surface area contributed by atoms with E-state index < -0.39 is 0 Å². The molecule has 7 heteroatoms. The Morgan fingerprint density at radius 2 is 2.22 bits per heavy atom. The topological polar surface area (TPSA) is 83.4 Å². The first-order valence-corrected chi connectivity index (χ1v) is 9.42. The van der Waals surface area contributed by atoms with Gasteiger partial charge >= 0.3 is 0 Å². The molecule has 0 spiro atoms. The minimum Gasteiger partial charge on any atom is -0.330 e. The molecule has 4 rings (SSSR count). The minimum atomic E-state index is -0.0991. The highest BCUT2D eigenvalue weighted by Crippen LogP contribution is 2.31. The Kier molecular flexibility index (Phi) is 4.51. The Morgan fingerprint density at radius 1 is 1.37 bits per heavy atom. The molecule has 1 aliphatic rings. The first-order valence-electron chi connectivity index (χ1n) is 9.42. The maximum atomic E-state index is 13.0. The number of carbonyl (C=O) groups excluding carboxylic acids is 1. The van der Waals surface area contributed by atoms with E-state index in [2.05, 4.69) is 15.1 Å². The molecule has 1 amide bonds. The van der Waals surface area contributed by atoms with Gasteiger partial charge in [0, 0.05) is 36.3 Å². The molecule has 3 aromatic rings. The summed E-state index contributed by atoms with van der Waals surface area (Å²) < 4.78 is 1.50. The van der Waals surface area contributed by atoms with E-state index in [1.165, 1.54) is 4.52 Å². The van der Waals surface area contributed by atoms with Crippen molar-refractivity contribution in [2.24, 2.45) is 0 Å². The molecule has 0 aromatic carbocycles. The summed E-state index contributed by atoms with van der Waals surface area (Å²) in [6.45, 7) is 4.51. The number of nitrogens with zero attached hydrogens (tertiary/aromatic N) is 4. The van der Waals surface area contributed by atoms with Crippen LogP contribution >= 0.6 is 0 Å². The molecule has 0 bridgehead atoms. The SMILES string of the molecule is CCc1c(C)nc2cc(C3CCCCN3C(=O)c3cccnc3)[nH]n2c1=O. The highest BCUT2D eigenvalue weighted by molar-refractivity contribution is 5.94. The van der Waals surface area contributed by atoms with E-state index in [4.69, 9.17) is 0 Å². The summed E-state index contributed by atoms with van der Waals surface area (Å²) in [5, 5.41) is 3.20. The zero-order valence-corrected chi connectivity index (χ0v) is 15.6. The number of carbonyl (C=O) groups is 1. The second-order valence-electron chi connectivity index (χ2n) is 6.99. The molecule has 0 aliphatic carbocycles. The van der Waals surface area contributed by atoms with E-state index in [0.29, 0.717) is 29.7 Å². The van der Waals surface area contributed by atoms with Crippen LogP contribution in [-0.2, 0) is 6.42 Å². The molecule has 1 N–H and O–H groups in total. The highest BCUT2D eigenvalue weighted by Gasteiger charge is 2.30. The van der Waals surface area contributed by atoms with Crippen molar-refractivity contribution >= 4 is 11.6 Å². The van der Waals surface area contributed by atoms with Crippen LogP contribution in [-0.4, -0.2) is 36.9 Å². The molecule has 1 aliphatic heterocycles. The van der Waals surface area contributed by atoms with E-state index in [9.17, 15) is 9.59 Å². The monoisotopic (exact) mass is 365 g/mol. The third kappa shape index (κ3) is 3.03. The Labute approximate surface area is 157 Å². The number of aromatic nitrogens is 4. The summed E-state index contributed by atoms with van der Waals surface area (Å²) in [5.41, 5.74) is 3.45. The number of piperidine rings is 1. The molecule has 4 heterocycles. The van der Waals surface area contributed by atoms with Crippen molar-refractivity contribution < 1.29 is 4.79 Å². The molecule has 140 valence electrons. The lowest BCUT2D eigenvalue weighted by Gasteiger charge is -2.35. The number of fused-ring (bicyclic) bond motifs is 1. The van der Waals surface area contributed by atoms with Gasteiger partial charge in [-0.3, -0.25) is 19.7 Å². The quantitative estimate of drug-likeness (QED) is 0.773. The average Bonchev–Trinajstić information content (AvgIpc) is 3.12. The van der Waals surface area contributed by atoms with Crippen LogP contribution in [0.15, 0.2) is 35.4 Å². The van der Waals surface area contributed by atoms with Crippen molar-refractivity contribution in [2.45, 2.75) is 45.6 Å². The van der Waals surface area contributed by atoms with Gasteiger partial charge in [0.1, 0.15) is 0 Å². The molecule has 0 saturated carbocycles. The number of amides is 1. The second-order valence-corrected chi connectivity index (χ2v) is 6.99. The highest BCUT2D eigenvalue weighted by atomic mass is 16.2. The number of pyridine rings is 1. The second kappa shape index (κ2) is 6.98. The van der Waals surface area contributed by atoms with Crippen molar-refractivity contribution in [3.05, 3.63) is 63.5 Å². The number of H-pyrrole nitrogens is 1. The van der Waals surface area contributed by atoms with Gasteiger partial charge in [-0.05, 0) is 44.7 Å². The third-order valence-corrected chi connectivity index (χ3v) is 5.32. The third-order valence-electron chi connectivity index (χ3n) is 5.32. The first-order chi connectivity index (χ1) is 13.1. The molecule has 3 aromatic heterocycles. The normalized spacial score (nSPS) is 17.4. The molecule has 0 radical (unpaired) electrons. The molecular weight excluding hydrogens is 342 g/mol. The summed E-state index contributed by atoms with van der Waals surface area (Å²) in [6.07, 6.45) is 6.77. The van der Waals surface area contributed by atoms with Crippen LogP contribution in [0, 0.1) is 6.92 Å². The van der Waals surface area contributed by atoms with Crippen LogP contribution in [0.1, 0.15) is 59.5 Å². The van der Waals surface area contributed by atoms with Crippen molar-refractivity contribution in [1.82, 2.24) is 24.5 Å². The van der Waals surface area contributed by atoms with Crippen LogP contribution in [0.25, 0.3) is 5.65 Å². The minimum absolute atomic E-state index is 0.0304. The summed E-state index contributed by atoms with van der Waals surface area (Å²) in [7, 11) is 0. The fourth-order valence-electron chi connectivity index (χ4n) is 3.92. The summed E-state index contributed by atoms with van der Waals surface area (Å²) in [4.78, 5) is 36.2. The van der Waals surface area contributed by atoms with Crippen molar-refractivity contribution in [3.8, 4) is 0 Å². The number of aryl methyl sites for hydroxylation is 1. The van der Waals surface area contributed by atoms with Gasteiger partial charge in [-0.15, -0.1) is 0 Å². The van der Waals surface area contributed by atoms with Gasteiger partial charge in [-0.2, -0.15) is 0 Å². The fourth-order valence-corrected chi connectivity index (χ4v) is 3.92. The van der Waals surface area contributed by atoms with E-state index in [1.807, 2.05) is 24.8 Å². The van der Waals surface area contributed by atoms with Crippen LogP contribution in [0.5, 0.6) is 0 Å². The molecule has 1 fully saturated rings. The molecule has 7 nitrogen and oxygen atoms in total. The molecule has 1 unspecified atom stereocenters. The van der Waals surface area contributed by atoms with Crippen LogP contribution < -0.4 is 5.56 Å². The molecule has 1 saturated heterocycles. The average molecular weight is 365 g/mol. The summed E-state index contributed by atoms with van der Waals surface area (Å²) >= 11 is 0. The van der Waals surface area contributed by atoms with E-state index in [1.54, 1.807) is 24.5 Å². The van der Waals surface area contributed by atoms with Crippen LogP contribution in [0.3, 0.4) is 0 Å². The van der Waals surface area contributed by atoms with Crippen molar-refractivity contribution in [1.29, 1.82) is 0 Å². The van der Waals surface area contributed by atoms with Crippen LogP contribution in [0.2, 0.25) is 0 Å². The Morgan fingerprint density at radius 3 is 2.96 bits per heavy atom. The lowest BCUT2D eigenvalue weighted by Crippen LogP contribution is -2.38. The zero-order valence-electron chi connectivity index (χ0n) is 15.6.